The van der Waals surface area contributed by atoms with Gasteiger partial charge in [0, 0.05) is 51.5 Å². The number of hydrogen-bond donors (Lipinski definition) is 0. The third-order valence-corrected chi connectivity index (χ3v) is 6.74. The van der Waals surface area contributed by atoms with Crippen LogP contribution < -0.4 is 10.3 Å². The average Bonchev–Trinajstić information content (AvgIpc) is 3.20. The second-order valence-electron chi connectivity index (χ2n) is 8.88. The average molecular weight is 488 g/mol. The molecule has 0 aromatic carbocycles. The van der Waals surface area contributed by atoms with Crippen molar-refractivity contribution < 1.29 is 28.2 Å². The maximum absolute atomic E-state index is 13.8. The molecular formula is C25H33N3O7. The number of likely N-dealkylation sites (tertiary alicyclic amines) is 1. The normalized spacial score (nSPS) is 18.6. The highest BCUT2D eigenvalue weighted by Gasteiger charge is 2.36. The van der Waals surface area contributed by atoms with E-state index in [-0.39, 0.29) is 17.2 Å². The number of piperidine rings is 1. The fourth-order valence-corrected chi connectivity index (χ4v) is 4.99. The van der Waals surface area contributed by atoms with Crippen LogP contribution in [0.2, 0.25) is 0 Å². The summed E-state index contributed by atoms with van der Waals surface area (Å²) in [6, 6.07) is 4.56. The number of esters is 1. The van der Waals surface area contributed by atoms with Crippen molar-refractivity contribution in [3.05, 3.63) is 51.3 Å². The number of furan rings is 1. The van der Waals surface area contributed by atoms with Gasteiger partial charge in [0.2, 0.25) is 0 Å². The molecule has 190 valence electrons. The summed E-state index contributed by atoms with van der Waals surface area (Å²) in [6.45, 7) is 3.15. The first-order chi connectivity index (χ1) is 17.0. The van der Waals surface area contributed by atoms with Gasteiger partial charge in [0.25, 0.3) is 11.5 Å². The number of hydrogen-bond acceptors (Lipinski definition) is 8. The van der Waals surface area contributed by atoms with Crippen molar-refractivity contribution in [3.8, 4) is 5.75 Å². The fraction of sp³-hybridized carbons (Fsp3) is 0.560. The number of pyridine rings is 1. The van der Waals surface area contributed by atoms with Gasteiger partial charge in [-0.2, -0.15) is 0 Å². The van der Waals surface area contributed by atoms with Crippen LogP contribution >= 0.6 is 0 Å². The molecule has 10 nitrogen and oxygen atoms in total. The lowest BCUT2D eigenvalue weighted by Crippen LogP contribution is -2.49. The maximum Gasteiger partial charge on any atom is 0.328 e. The van der Waals surface area contributed by atoms with Crippen LogP contribution in [0.15, 0.2) is 27.4 Å². The highest BCUT2D eigenvalue weighted by molar-refractivity contribution is 6.00. The van der Waals surface area contributed by atoms with E-state index in [0.717, 1.165) is 24.4 Å². The van der Waals surface area contributed by atoms with E-state index >= 15 is 0 Å². The Balaban J connectivity index is 1.62. The minimum atomic E-state index is -0.638. The van der Waals surface area contributed by atoms with Gasteiger partial charge in [-0.25, -0.2) is 4.79 Å². The van der Waals surface area contributed by atoms with E-state index in [0.29, 0.717) is 63.4 Å². The van der Waals surface area contributed by atoms with Crippen molar-refractivity contribution in [2.75, 3.05) is 41.0 Å². The Morgan fingerprint density at radius 2 is 1.86 bits per heavy atom. The highest BCUT2D eigenvalue weighted by atomic mass is 16.5. The summed E-state index contributed by atoms with van der Waals surface area (Å²) >= 11 is 0. The predicted molar refractivity (Wildman–Crippen MR) is 126 cm³/mol. The predicted octanol–water partition coefficient (Wildman–Crippen LogP) is 1.82. The van der Waals surface area contributed by atoms with E-state index in [1.165, 1.54) is 20.3 Å². The molecule has 0 saturated carbocycles. The number of amides is 1. The molecule has 2 aromatic rings. The first-order valence-electron chi connectivity index (χ1n) is 11.9. The smallest absolute Gasteiger partial charge is 0.328 e. The van der Waals surface area contributed by atoms with Crippen molar-refractivity contribution in [2.45, 2.75) is 51.4 Å². The summed E-state index contributed by atoms with van der Waals surface area (Å²) in [5.41, 5.74) is 0.777. The Bertz CT molecular complexity index is 1120. The molecule has 1 fully saturated rings. The molecule has 2 aliphatic heterocycles. The zero-order valence-electron chi connectivity index (χ0n) is 20.6. The molecule has 0 aliphatic carbocycles. The molecule has 35 heavy (non-hydrogen) atoms. The number of carbonyl (C=O) groups is 2. The Morgan fingerprint density at radius 1 is 1.06 bits per heavy atom. The molecule has 2 aromatic heterocycles. The first kappa shape index (κ1) is 25.0. The van der Waals surface area contributed by atoms with Crippen molar-refractivity contribution in [2.24, 2.45) is 0 Å². The summed E-state index contributed by atoms with van der Waals surface area (Å²) in [4.78, 5) is 42.9. The third-order valence-electron chi connectivity index (χ3n) is 6.74. The van der Waals surface area contributed by atoms with Gasteiger partial charge < -0.3 is 28.1 Å². The van der Waals surface area contributed by atoms with Crippen molar-refractivity contribution in [1.29, 1.82) is 0 Å². The number of nitrogens with zero attached hydrogens (tertiary/aromatic N) is 3. The van der Waals surface area contributed by atoms with E-state index in [1.807, 2.05) is 12.1 Å². The third kappa shape index (κ3) is 5.28. The maximum atomic E-state index is 13.8. The Morgan fingerprint density at radius 3 is 2.60 bits per heavy atom. The molecule has 0 N–H and O–H groups in total. The summed E-state index contributed by atoms with van der Waals surface area (Å²) in [7, 11) is 4.41. The van der Waals surface area contributed by atoms with Gasteiger partial charge in [0.15, 0.2) is 0 Å². The second kappa shape index (κ2) is 11.1. The Kier molecular flexibility index (Phi) is 7.92. The number of aromatic nitrogens is 1. The molecule has 4 heterocycles. The zero-order valence-corrected chi connectivity index (χ0v) is 20.6. The van der Waals surface area contributed by atoms with E-state index < -0.39 is 12.0 Å². The molecule has 2 aliphatic rings. The van der Waals surface area contributed by atoms with Crippen LogP contribution in [0.3, 0.4) is 0 Å². The van der Waals surface area contributed by atoms with Crippen LogP contribution in [0.25, 0.3) is 0 Å². The van der Waals surface area contributed by atoms with E-state index in [2.05, 4.69) is 4.90 Å². The lowest BCUT2D eigenvalue weighted by molar-refractivity contribution is -0.147. The van der Waals surface area contributed by atoms with Gasteiger partial charge in [-0.1, -0.05) is 0 Å². The van der Waals surface area contributed by atoms with E-state index in [9.17, 15) is 14.4 Å². The standard InChI is InChI=1S/C25H33N3O7/c1-32-16-18-8-7-17(35-18)15-26-11-9-19-23(21(33-2)14-22(29)27(19)13-12-26)24(30)28-10-5-4-6-20(28)25(31)34-3/h7-8,14,20H,4-6,9-13,15-16H2,1-3H3. The molecule has 10 heteroatoms. The Labute approximate surface area is 204 Å². The molecular weight excluding hydrogens is 454 g/mol. The first-order valence-corrected chi connectivity index (χ1v) is 11.9. The minimum absolute atomic E-state index is 0.209. The van der Waals surface area contributed by atoms with Crippen LogP contribution in [0.4, 0.5) is 0 Å². The van der Waals surface area contributed by atoms with Gasteiger partial charge in [-0.3, -0.25) is 14.5 Å². The molecule has 1 saturated heterocycles. The molecule has 0 radical (unpaired) electrons. The van der Waals surface area contributed by atoms with E-state index in [4.69, 9.17) is 18.6 Å². The monoisotopic (exact) mass is 487 g/mol. The van der Waals surface area contributed by atoms with Crippen LogP contribution in [0.5, 0.6) is 5.75 Å². The van der Waals surface area contributed by atoms with Crippen LogP contribution in [-0.4, -0.2) is 73.2 Å². The highest BCUT2D eigenvalue weighted by Crippen LogP contribution is 2.28. The summed E-state index contributed by atoms with van der Waals surface area (Å²) in [5.74, 6) is 1.09. The molecule has 0 spiro atoms. The van der Waals surface area contributed by atoms with Gasteiger partial charge >= 0.3 is 5.97 Å². The molecule has 4 rings (SSSR count). The lowest BCUT2D eigenvalue weighted by atomic mass is 9.99. The largest absolute Gasteiger partial charge is 0.496 e. The summed E-state index contributed by atoms with van der Waals surface area (Å²) in [5, 5.41) is 0. The van der Waals surface area contributed by atoms with Crippen molar-refractivity contribution in [3.63, 3.8) is 0 Å². The van der Waals surface area contributed by atoms with Gasteiger partial charge in [0.05, 0.1) is 20.8 Å². The van der Waals surface area contributed by atoms with Gasteiger partial charge in [-0.15, -0.1) is 0 Å². The van der Waals surface area contributed by atoms with Crippen LogP contribution in [0, 0.1) is 0 Å². The molecule has 0 bridgehead atoms. The van der Waals surface area contributed by atoms with Gasteiger partial charge in [-0.05, 0) is 31.4 Å². The number of fused-ring (bicyclic) bond motifs is 1. The SMILES string of the molecule is COCc1ccc(CN2CCc3c(C(=O)N4CCCCC4C(=O)OC)c(OC)cc(=O)n3CC2)o1. The topological polar surface area (TPSA) is 103 Å². The van der Waals surface area contributed by atoms with Gasteiger partial charge in [0.1, 0.15) is 35.5 Å². The molecule has 1 atom stereocenters. The summed E-state index contributed by atoms with van der Waals surface area (Å²) < 4.78 is 23.1. The van der Waals surface area contributed by atoms with Crippen molar-refractivity contribution in [1.82, 2.24) is 14.4 Å². The Hall–Kier alpha value is -3.11. The second-order valence-corrected chi connectivity index (χ2v) is 8.88. The number of carbonyl (C=O) groups excluding carboxylic acids is 2. The number of ether oxygens (including phenoxy) is 3. The molecule has 1 unspecified atom stereocenters. The lowest BCUT2D eigenvalue weighted by Gasteiger charge is -2.34. The number of rotatable bonds is 7. The molecule has 1 amide bonds. The van der Waals surface area contributed by atoms with Crippen LogP contribution in [0.1, 0.15) is 46.8 Å². The van der Waals surface area contributed by atoms with E-state index in [1.54, 1.807) is 16.6 Å². The van der Waals surface area contributed by atoms with Crippen LogP contribution in [-0.2, 0) is 40.4 Å². The summed E-state index contributed by atoms with van der Waals surface area (Å²) in [6.07, 6.45) is 2.69. The quantitative estimate of drug-likeness (QED) is 0.545. The number of methoxy groups -OCH3 is 3. The minimum Gasteiger partial charge on any atom is -0.496 e. The zero-order chi connectivity index (χ0) is 24.9. The van der Waals surface area contributed by atoms with Crippen molar-refractivity contribution >= 4 is 11.9 Å². The fourth-order valence-electron chi connectivity index (χ4n) is 4.99.